The van der Waals surface area contributed by atoms with Crippen LogP contribution in [0.1, 0.15) is 5.56 Å². The van der Waals surface area contributed by atoms with Crippen LogP contribution in [0, 0.1) is 0 Å². The quantitative estimate of drug-likeness (QED) is 0.199. The van der Waals surface area contributed by atoms with E-state index in [0.29, 0.717) is 16.5 Å². The average Bonchev–Trinajstić information content (AvgIpc) is 3.24. The first-order valence-corrected chi connectivity index (χ1v) is 11.3. The maximum atomic E-state index is 12.1. The highest BCUT2D eigenvalue weighted by Gasteiger charge is 2.12. The Morgan fingerprint density at radius 3 is 2.81 bits per heavy atom. The molecule has 0 bridgehead atoms. The van der Waals surface area contributed by atoms with Crippen molar-refractivity contribution in [3.63, 3.8) is 0 Å². The van der Waals surface area contributed by atoms with Crippen LogP contribution in [-0.4, -0.2) is 17.3 Å². The molecule has 5 aromatic rings. The fourth-order valence-corrected chi connectivity index (χ4v) is 5.20. The molecule has 0 saturated heterocycles. The zero-order valence-corrected chi connectivity index (χ0v) is 18.1. The summed E-state index contributed by atoms with van der Waals surface area (Å²) in [6, 6.07) is 21.1. The lowest BCUT2D eigenvalue weighted by atomic mass is 10.0. The van der Waals surface area contributed by atoms with Gasteiger partial charge in [0.1, 0.15) is 11.3 Å². The highest BCUT2D eigenvalue weighted by molar-refractivity contribution is 8.00. The van der Waals surface area contributed by atoms with Gasteiger partial charge >= 0.3 is 5.63 Å². The van der Waals surface area contributed by atoms with E-state index >= 15 is 0 Å². The Morgan fingerprint density at radius 2 is 1.90 bits per heavy atom. The summed E-state index contributed by atoms with van der Waals surface area (Å²) >= 11 is 2.99. The first-order valence-electron chi connectivity index (χ1n) is 9.52. The van der Waals surface area contributed by atoms with Crippen molar-refractivity contribution in [2.45, 2.75) is 10.1 Å². The van der Waals surface area contributed by atoms with E-state index in [1.165, 1.54) is 11.3 Å². The Balaban J connectivity index is 1.42. The van der Waals surface area contributed by atoms with Gasteiger partial charge in [-0.3, -0.25) is 0 Å². The molecule has 8 heteroatoms. The summed E-state index contributed by atoms with van der Waals surface area (Å²) in [5, 5.41) is 15.6. The molecular weight excluding hydrogens is 430 g/mol. The molecule has 5 rings (SSSR count). The lowest BCUT2D eigenvalue weighted by molar-refractivity contribution is 0.417. The van der Waals surface area contributed by atoms with E-state index in [-0.39, 0.29) is 5.63 Å². The van der Waals surface area contributed by atoms with Gasteiger partial charge in [-0.2, -0.15) is 0 Å². The van der Waals surface area contributed by atoms with Gasteiger partial charge in [0.05, 0.1) is 12.8 Å². The molecular formula is C23H17N3O3S2. The first-order chi connectivity index (χ1) is 15.2. The number of para-hydroxylation sites is 2. The van der Waals surface area contributed by atoms with Crippen molar-refractivity contribution in [1.29, 1.82) is 0 Å². The van der Waals surface area contributed by atoms with Crippen LogP contribution < -0.4 is 15.7 Å². The second kappa shape index (κ2) is 8.41. The maximum absolute atomic E-state index is 12.1. The minimum absolute atomic E-state index is 0.353. The molecule has 0 aliphatic carbocycles. The zero-order valence-electron chi connectivity index (χ0n) is 16.5. The van der Waals surface area contributed by atoms with Gasteiger partial charge in [-0.05, 0) is 34.5 Å². The van der Waals surface area contributed by atoms with Crippen molar-refractivity contribution in [3.05, 3.63) is 82.7 Å². The molecule has 3 aromatic carbocycles. The van der Waals surface area contributed by atoms with Gasteiger partial charge in [-0.25, -0.2) is 4.79 Å². The van der Waals surface area contributed by atoms with E-state index in [9.17, 15) is 4.79 Å². The van der Waals surface area contributed by atoms with Crippen molar-refractivity contribution < 1.29 is 9.15 Å². The van der Waals surface area contributed by atoms with Crippen LogP contribution >= 0.6 is 23.1 Å². The minimum Gasteiger partial charge on any atom is -0.495 e. The van der Waals surface area contributed by atoms with Crippen LogP contribution in [0.25, 0.3) is 21.7 Å². The van der Waals surface area contributed by atoms with Crippen LogP contribution in [0.5, 0.6) is 5.75 Å². The molecule has 31 heavy (non-hydrogen) atoms. The van der Waals surface area contributed by atoms with Gasteiger partial charge in [0.2, 0.25) is 5.13 Å². The molecule has 0 unspecified atom stereocenters. The number of nitrogens with zero attached hydrogens (tertiary/aromatic N) is 2. The predicted molar refractivity (Wildman–Crippen MR) is 126 cm³/mol. The third kappa shape index (κ3) is 3.99. The van der Waals surface area contributed by atoms with Crippen LogP contribution in [0.15, 0.2) is 80.3 Å². The van der Waals surface area contributed by atoms with E-state index in [4.69, 9.17) is 9.15 Å². The standard InChI is InChI=1S/C23H17N3O3S2/c1-28-18-9-5-4-8-17(18)24-22-25-26-23(31-22)30-13-15-12-20(27)29-19-11-10-14-6-2-3-7-16(14)21(15)19/h2-12H,13H2,1H3,(H,24,25). The maximum Gasteiger partial charge on any atom is 0.336 e. The van der Waals surface area contributed by atoms with Crippen molar-refractivity contribution in [1.82, 2.24) is 10.2 Å². The fourth-order valence-electron chi connectivity index (χ4n) is 3.46. The lowest BCUT2D eigenvalue weighted by Gasteiger charge is -2.08. The topological polar surface area (TPSA) is 77.2 Å². The molecule has 0 aliphatic rings. The van der Waals surface area contributed by atoms with Crippen molar-refractivity contribution in [2.24, 2.45) is 0 Å². The minimum atomic E-state index is -0.353. The molecule has 0 spiro atoms. The largest absolute Gasteiger partial charge is 0.495 e. The molecule has 0 aliphatic heterocycles. The van der Waals surface area contributed by atoms with Gasteiger partial charge < -0.3 is 14.5 Å². The molecule has 154 valence electrons. The van der Waals surface area contributed by atoms with Crippen molar-refractivity contribution >= 4 is 55.7 Å². The van der Waals surface area contributed by atoms with E-state index < -0.39 is 0 Å². The van der Waals surface area contributed by atoms with Gasteiger partial charge in [0, 0.05) is 17.2 Å². The Morgan fingerprint density at radius 1 is 1.06 bits per heavy atom. The summed E-state index contributed by atoms with van der Waals surface area (Å²) < 4.78 is 11.6. The SMILES string of the molecule is COc1ccccc1Nc1nnc(SCc2cc(=O)oc3ccc4ccccc4c23)s1. The molecule has 6 nitrogen and oxygen atoms in total. The number of hydrogen-bond acceptors (Lipinski definition) is 8. The number of rotatable bonds is 6. The Bertz CT molecular complexity index is 1450. The average molecular weight is 448 g/mol. The molecule has 0 fully saturated rings. The number of aromatic nitrogens is 2. The third-order valence-electron chi connectivity index (χ3n) is 4.82. The molecule has 1 N–H and O–H groups in total. The summed E-state index contributed by atoms with van der Waals surface area (Å²) in [5.74, 6) is 1.32. The van der Waals surface area contributed by atoms with Gasteiger partial charge in [-0.1, -0.05) is 65.6 Å². The Kier molecular flexibility index (Phi) is 5.31. The normalized spacial score (nSPS) is 11.1. The first kappa shape index (κ1) is 19.6. The Hall–Kier alpha value is -3.36. The molecule has 0 radical (unpaired) electrons. The van der Waals surface area contributed by atoms with Crippen LogP contribution in [0.2, 0.25) is 0 Å². The van der Waals surface area contributed by atoms with Crippen LogP contribution in [0.4, 0.5) is 10.8 Å². The summed E-state index contributed by atoms with van der Waals surface area (Å²) in [7, 11) is 1.63. The van der Waals surface area contributed by atoms with E-state index in [0.717, 1.165) is 37.5 Å². The van der Waals surface area contributed by atoms with Gasteiger partial charge in [-0.15, -0.1) is 10.2 Å². The lowest BCUT2D eigenvalue weighted by Crippen LogP contribution is -2.00. The van der Waals surface area contributed by atoms with Crippen LogP contribution in [0.3, 0.4) is 0 Å². The second-order valence-electron chi connectivity index (χ2n) is 6.74. The van der Waals surface area contributed by atoms with Crippen molar-refractivity contribution in [2.75, 3.05) is 12.4 Å². The van der Waals surface area contributed by atoms with Crippen molar-refractivity contribution in [3.8, 4) is 5.75 Å². The number of methoxy groups -OCH3 is 1. The van der Waals surface area contributed by atoms with E-state index in [1.807, 2.05) is 54.6 Å². The number of anilines is 2. The van der Waals surface area contributed by atoms with Gasteiger partial charge in [0.25, 0.3) is 0 Å². The van der Waals surface area contributed by atoms with E-state index in [2.05, 4.69) is 21.6 Å². The number of nitrogens with one attached hydrogen (secondary N) is 1. The van der Waals surface area contributed by atoms with Gasteiger partial charge in [0.15, 0.2) is 4.34 Å². The second-order valence-corrected chi connectivity index (χ2v) is 8.94. The van der Waals surface area contributed by atoms with E-state index in [1.54, 1.807) is 24.9 Å². The molecule has 0 amide bonds. The Labute approximate surface area is 185 Å². The summed E-state index contributed by atoms with van der Waals surface area (Å²) in [5.41, 5.74) is 1.99. The monoisotopic (exact) mass is 447 g/mol. The summed E-state index contributed by atoms with van der Waals surface area (Å²) in [6.07, 6.45) is 0. The fraction of sp³-hybridized carbons (Fsp3) is 0.0870. The third-order valence-corrected chi connectivity index (χ3v) is 6.84. The summed E-state index contributed by atoms with van der Waals surface area (Å²) in [4.78, 5) is 12.1. The summed E-state index contributed by atoms with van der Waals surface area (Å²) in [6.45, 7) is 0. The number of benzene rings is 3. The molecule has 0 atom stereocenters. The zero-order chi connectivity index (χ0) is 21.2. The highest BCUT2D eigenvalue weighted by atomic mass is 32.2. The molecule has 0 saturated carbocycles. The molecule has 2 aromatic heterocycles. The highest BCUT2D eigenvalue weighted by Crippen LogP contribution is 2.35. The predicted octanol–water partition coefficient (Wildman–Crippen LogP) is 5.84. The number of hydrogen-bond donors (Lipinski definition) is 1. The van der Waals surface area contributed by atoms with Crippen LogP contribution in [-0.2, 0) is 5.75 Å². The molecule has 2 heterocycles. The number of ether oxygens (including phenoxy) is 1. The smallest absolute Gasteiger partial charge is 0.336 e. The number of fused-ring (bicyclic) bond motifs is 3. The number of thioether (sulfide) groups is 1.